The maximum absolute atomic E-state index is 12.8. The summed E-state index contributed by atoms with van der Waals surface area (Å²) in [5.74, 6) is -0.653. The fourth-order valence-electron chi connectivity index (χ4n) is 2.67. The zero-order chi connectivity index (χ0) is 18.9. The summed E-state index contributed by atoms with van der Waals surface area (Å²) in [7, 11) is 0. The Labute approximate surface area is 155 Å². The van der Waals surface area contributed by atoms with Crippen LogP contribution in [0.15, 0.2) is 54.6 Å². The van der Waals surface area contributed by atoms with Gasteiger partial charge in [0.1, 0.15) is 0 Å². The molecule has 0 aliphatic rings. The minimum Gasteiger partial charge on any atom is -0.463 e. The van der Waals surface area contributed by atoms with Gasteiger partial charge in [0, 0.05) is 5.56 Å². The standard InChI is InChI=1S/C22H26O4/c1-4-14-25-22(24)20(17-10-6-5-7-11-17)26-21(23)19-13-9-8-12-18(19)15-16(2)3/h5-13,16,20H,4,14-15H2,1-3H3. The summed E-state index contributed by atoms with van der Waals surface area (Å²) in [6, 6.07) is 16.3. The summed E-state index contributed by atoms with van der Waals surface area (Å²) in [6.07, 6.45) is 0.405. The van der Waals surface area contributed by atoms with Crippen molar-refractivity contribution in [2.24, 2.45) is 5.92 Å². The third-order valence-corrected chi connectivity index (χ3v) is 3.86. The molecule has 2 rings (SSSR count). The normalized spacial score (nSPS) is 11.8. The van der Waals surface area contributed by atoms with Crippen LogP contribution in [0.25, 0.3) is 0 Å². The molecule has 0 saturated carbocycles. The lowest BCUT2D eigenvalue weighted by Crippen LogP contribution is -2.23. The van der Waals surface area contributed by atoms with Gasteiger partial charge in [-0.1, -0.05) is 69.3 Å². The number of carbonyl (C=O) groups is 2. The maximum atomic E-state index is 12.8. The van der Waals surface area contributed by atoms with Gasteiger partial charge in [-0.25, -0.2) is 9.59 Å². The molecule has 26 heavy (non-hydrogen) atoms. The van der Waals surface area contributed by atoms with Crippen molar-refractivity contribution in [1.82, 2.24) is 0 Å². The molecule has 4 heteroatoms. The van der Waals surface area contributed by atoms with E-state index in [1.54, 1.807) is 36.4 Å². The van der Waals surface area contributed by atoms with Crippen LogP contribution in [-0.2, 0) is 20.7 Å². The van der Waals surface area contributed by atoms with E-state index in [0.29, 0.717) is 30.1 Å². The van der Waals surface area contributed by atoms with Crippen molar-refractivity contribution in [2.45, 2.75) is 39.7 Å². The highest BCUT2D eigenvalue weighted by molar-refractivity contribution is 5.93. The van der Waals surface area contributed by atoms with Crippen LogP contribution in [0.5, 0.6) is 0 Å². The monoisotopic (exact) mass is 354 g/mol. The summed E-state index contributed by atoms with van der Waals surface area (Å²) in [4.78, 5) is 25.2. The lowest BCUT2D eigenvalue weighted by atomic mass is 9.98. The summed E-state index contributed by atoms with van der Waals surface area (Å²) in [5, 5.41) is 0. The van der Waals surface area contributed by atoms with Gasteiger partial charge in [0.2, 0.25) is 6.10 Å². The highest BCUT2D eigenvalue weighted by Crippen LogP contribution is 2.23. The van der Waals surface area contributed by atoms with Gasteiger partial charge in [-0.15, -0.1) is 0 Å². The quantitative estimate of drug-likeness (QED) is 0.643. The van der Waals surface area contributed by atoms with Gasteiger partial charge in [0.05, 0.1) is 12.2 Å². The van der Waals surface area contributed by atoms with Gasteiger partial charge in [-0.3, -0.25) is 0 Å². The summed E-state index contributed by atoms with van der Waals surface area (Å²) in [5.41, 5.74) is 2.01. The number of hydrogen-bond acceptors (Lipinski definition) is 4. The smallest absolute Gasteiger partial charge is 0.352 e. The molecule has 0 amide bonds. The highest BCUT2D eigenvalue weighted by Gasteiger charge is 2.27. The molecular formula is C22H26O4. The number of hydrogen-bond donors (Lipinski definition) is 0. The molecule has 4 nitrogen and oxygen atoms in total. The average molecular weight is 354 g/mol. The average Bonchev–Trinajstić information content (AvgIpc) is 2.64. The van der Waals surface area contributed by atoms with Crippen molar-refractivity contribution in [2.75, 3.05) is 6.61 Å². The molecule has 0 aliphatic carbocycles. The van der Waals surface area contributed by atoms with Gasteiger partial charge in [0.25, 0.3) is 0 Å². The highest BCUT2D eigenvalue weighted by atomic mass is 16.6. The molecule has 0 saturated heterocycles. The van der Waals surface area contributed by atoms with E-state index < -0.39 is 18.0 Å². The lowest BCUT2D eigenvalue weighted by Gasteiger charge is -2.18. The molecule has 0 aromatic heterocycles. The van der Waals surface area contributed by atoms with E-state index in [1.807, 2.05) is 25.1 Å². The first-order valence-electron chi connectivity index (χ1n) is 9.03. The zero-order valence-electron chi connectivity index (χ0n) is 15.6. The molecule has 0 N–H and O–H groups in total. The third-order valence-electron chi connectivity index (χ3n) is 3.86. The Kier molecular flexibility index (Phi) is 7.39. The number of rotatable bonds is 8. The van der Waals surface area contributed by atoms with Crippen LogP contribution in [-0.4, -0.2) is 18.5 Å². The number of carbonyl (C=O) groups excluding carboxylic acids is 2. The number of benzene rings is 2. The molecule has 2 aromatic rings. The topological polar surface area (TPSA) is 52.6 Å². The van der Waals surface area contributed by atoms with Crippen LogP contribution < -0.4 is 0 Å². The first kappa shape index (κ1) is 19.7. The molecule has 2 aromatic carbocycles. The Morgan fingerprint density at radius 1 is 0.962 bits per heavy atom. The SMILES string of the molecule is CCCOC(=O)C(OC(=O)c1ccccc1CC(C)C)c1ccccc1. The molecule has 0 spiro atoms. The molecule has 0 heterocycles. The number of esters is 2. The minimum atomic E-state index is -1.07. The second-order valence-electron chi connectivity index (χ2n) is 6.62. The number of ether oxygens (including phenoxy) is 2. The fraction of sp³-hybridized carbons (Fsp3) is 0.364. The van der Waals surface area contributed by atoms with E-state index in [2.05, 4.69) is 13.8 Å². The second kappa shape index (κ2) is 9.76. The molecule has 0 bridgehead atoms. The van der Waals surface area contributed by atoms with Crippen LogP contribution in [0.4, 0.5) is 0 Å². The Bertz CT molecular complexity index is 722. The van der Waals surface area contributed by atoms with Crippen LogP contribution in [0, 0.1) is 5.92 Å². The lowest BCUT2D eigenvalue weighted by molar-refractivity contribution is -0.154. The second-order valence-corrected chi connectivity index (χ2v) is 6.62. The van der Waals surface area contributed by atoms with Gasteiger partial charge in [0.15, 0.2) is 0 Å². The zero-order valence-corrected chi connectivity index (χ0v) is 15.6. The third kappa shape index (κ3) is 5.45. The van der Waals surface area contributed by atoms with Gasteiger partial charge in [-0.2, -0.15) is 0 Å². The van der Waals surface area contributed by atoms with Crippen molar-refractivity contribution >= 4 is 11.9 Å². The molecule has 0 aliphatic heterocycles. The Hall–Kier alpha value is -2.62. The molecule has 1 unspecified atom stereocenters. The maximum Gasteiger partial charge on any atom is 0.352 e. The van der Waals surface area contributed by atoms with Crippen molar-refractivity contribution in [1.29, 1.82) is 0 Å². The van der Waals surface area contributed by atoms with E-state index in [1.165, 1.54) is 0 Å². The molecular weight excluding hydrogens is 328 g/mol. The van der Waals surface area contributed by atoms with Crippen LogP contribution in [0.3, 0.4) is 0 Å². The van der Waals surface area contributed by atoms with E-state index in [-0.39, 0.29) is 0 Å². The molecule has 0 fully saturated rings. The Balaban J connectivity index is 2.25. The Morgan fingerprint density at radius 2 is 1.62 bits per heavy atom. The summed E-state index contributed by atoms with van der Waals surface area (Å²) < 4.78 is 10.8. The van der Waals surface area contributed by atoms with Gasteiger partial charge in [-0.05, 0) is 30.4 Å². The predicted octanol–water partition coefficient (Wildman–Crippen LogP) is 4.74. The molecule has 0 radical (unpaired) electrons. The van der Waals surface area contributed by atoms with E-state index in [9.17, 15) is 9.59 Å². The predicted molar refractivity (Wildman–Crippen MR) is 101 cm³/mol. The van der Waals surface area contributed by atoms with Crippen molar-refractivity contribution in [3.63, 3.8) is 0 Å². The van der Waals surface area contributed by atoms with E-state index in [4.69, 9.17) is 9.47 Å². The van der Waals surface area contributed by atoms with Gasteiger partial charge < -0.3 is 9.47 Å². The van der Waals surface area contributed by atoms with Crippen LogP contribution in [0.2, 0.25) is 0 Å². The van der Waals surface area contributed by atoms with Crippen LogP contribution in [0.1, 0.15) is 54.8 Å². The first-order valence-corrected chi connectivity index (χ1v) is 9.03. The van der Waals surface area contributed by atoms with E-state index in [0.717, 1.165) is 12.0 Å². The fourth-order valence-corrected chi connectivity index (χ4v) is 2.67. The first-order chi connectivity index (χ1) is 12.5. The van der Waals surface area contributed by atoms with Crippen molar-refractivity contribution < 1.29 is 19.1 Å². The molecule has 1 atom stereocenters. The summed E-state index contributed by atoms with van der Waals surface area (Å²) >= 11 is 0. The largest absolute Gasteiger partial charge is 0.463 e. The van der Waals surface area contributed by atoms with Crippen molar-refractivity contribution in [3.8, 4) is 0 Å². The minimum absolute atomic E-state index is 0.295. The van der Waals surface area contributed by atoms with Crippen LogP contribution >= 0.6 is 0 Å². The Morgan fingerprint density at radius 3 is 2.27 bits per heavy atom. The molecule has 138 valence electrons. The van der Waals surface area contributed by atoms with E-state index >= 15 is 0 Å². The van der Waals surface area contributed by atoms with Gasteiger partial charge >= 0.3 is 11.9 Å². The summed E-state index contributed by atoms with van der Waals surface area (Å²) in [6.45, 7) is 6.40. The van der Waals surface area contributed by atoms with Crippen molar-refractivity contribution in [3.05, 3.63) is 71.3 Å².